The minimum atomic E-state index is -0.0747. The Bertz CT molecular complexity index is 618. The van der Waals surface area contributed by atoms with Gasteiger partial charge in [0.1, 0.15) is 5.82 Å². The maximum atomic E-state index is 13.9. The van der Waals surface area contributed by atoms with E-state index in [9.17, 15) is 4.39 Å². The van der Waals surface area contributed by atoms with E-state index < -0.39 is 0 Å². The predicted molar refractivity (Wildman–Crippen MR) is 91.6 cm³/mol. The molecule has 2 fully saturated rings. The minimum Gasteiger partial charge on any atom is -0.357 e. The highest BCUT2D eigenvalue weighted by Crippen LogP contribution is 2.43. The van der Waals surface area contributed by atoms with Crippen molar-refractivity contribution >= 4 is 5.84 Å². The lowest BCUT2D eigenvalue weighted by atomic mass is 9.78. The molecule has 2 aliphatic carbocycles. The number of hydrogen-bond donors (Lipinski definition) is 1. The monoisotopic (exact) mass is 314 g/mol. The Balaban J connectivity index is 1.57. The molecular weight excluding hydrogens is 287 g/mol. The zero-order valence-electron chi connectivity index (χ0n) is 14.1. The van der Waals surface area contributed by atoms with Gasteiger partial charge in [0.2, 0.25) is 0 Å². The number of benzene rings is 1. The number of aryl methyl sites for hydroxylation is 2. The van der Waals surface area contributed by atoms with Crippen molar-refractivity contribution in [2.45, 2.75) is 70.3 Å². The topological polar surface area (TPSA) is 27.1 Å². The molecule has 1 saturated heterocycles. The Kier molecular flexibility index (Phi) is 3.90. The highest BCUT2D eigenvalue weighted by atomic mass is 19.1. The summed E-state index contributed by atoms with van der Waals surface area (Å²) in [5.41, 5.74) is 3.25. The van der Waals surface area contributed by atoms with Crippen LogP contribution in [0.4, 0.5) is 4.39 Å². The van der Waals surface area contributed by atoms with Gasteiger partial charge in [-0.15, -0.1) is 0 Å². The zero-order chi connectivity index (χ0) is 16.0. The third-order valence-corrected chi connectivity index (χ3v) is 6.33. The van der Waals surface area contributed by atoms with E-state index in [0.717, 1.165) is 43.1 Å². The van der Waals surface area contributed by atoms with Crippen LogP contribution in [0.25, 0.3) is 0 Å². The Morgan fingerprint density at radius 2 is 1.96 bits per heavy atom. The largest absolute Gasteiger partial charge is 0.357 e. The van der Waals surface area contributed by atoms with Crippen LogP contribution in [-0.2, 0) is 6.42 Å². The van der Waals surface area contributed by atoms with Crippen molar-refractivity contribution < 1.29 is 4.39 Å². The third-order valence-electron chi connectivity index (χ3n) is 6.33. The molecule has 2 atom stereocenters. The molecule has 1 N–H and O–H groups in total. The molecule has 23 heavy (non-hydrogen) atoms. The molecular formula is C20H27FN2. The number of rotatable bonds is 2. The molecule has 2 unspecified atom stereocenters. The number of halogens is 1. The summed E-state index contributed by atoms with van der Waals surface area (Å²) in [6, 6.07) is 4.27. The van der Waals surface area contributed by atoms with Crippen LogP contribution in [0.5, 0.6) is 0 Å². The zero-order valence-corrected chi connectivity index (χ0v) is 14.1. The molecule has 0 aromatic heterocycles. The molecule has 0 spiro atoms. The Morgan fingerprint density at radius 1 is 1.17 bits per heavy atom. The van der Waals surface area contributed by atoms with Gasteiger partial charge in [-0.25, -0.2) is 4.39 Å². The highest BCUT2D eigenvalue weighted by Gasteiger charge is 2.42. The van der Waals surface area contributed by atoms with Crippen molar-refractivity contribution in [1.29, 1.82) is 5.41 Å². The van der Waals surface area contributed by atoms with Crippen LogP contribution in [0.15, 0.2) is 12.1 Å². The summed E-state index contributed by atoms with van der Waals surface area (Å²) in [5.74, 6) is 1.93. The summed E-state index contributed by atoms with van der Waals surface area (Å²) in [6.45, 7) is 2.94. The fourth-order valence-electron chi connectivity index (χ4n) is 5.06. The lowest BCUT2D eigenvalue weighted by molar-refractivity contribution is 0.220. The summed E-state index contributed by atoms with van der Waals surface area (Å²) in [5, 5.41) is 8.51. The first-order valence-corrected chi connectivity index (χ1v) is 9.26. The number of nitrogens with one attached hydrogen (secondary N) is 1. The molecule has 1 heterocycles. The standard InChI is InChI=1S/C20H27FN2/c1-13-9-16-15(10-18(13)21)7-8-19-17(16)11-20(22)23(19)12-14-5-3-2-4-6-14/h9-10,14,17,19,22H,2-8,11-12H2,1H3. The van der Waals surface area contributed by atoms with Gasteiger partial charge in [-0.1, -0.05) is 25.3 Å². The smallest absolute Gasteiger partial charge is 0.126 e. The molecule has 2 nitrogen and oxygen atoms in total. The SMILES string of the molecule is Cc1cc2c(cc1F)CCC1C2CC(=N)N1CC1CCCCC1. The van der Waals surface area contributed by atoms with E-state index >= 15 is 0 Å². The van der Waals surface area contributed by atoms with Gasteiger partial charge in [0.25, 0.3) is 0 Å². The van der Waals surface area contributed by atoms with Crippen LogP contribution in [0.1, 0.15) is 67.6 Å². The van der Waals surface area contributed by atoms with E-state index in [1.807, 2.05) is 6.92 Å². The van der Waals surface area contributed by atoms with Gasteiger partial charge < -0.3 is 4.90 Å². The Morgan fingerprint density at radius 3 is 2.74 bits per heavy atom. The molecule has 1 aromatic rings. The second-order valence-electron chi connectivity index (χ2n) is 7.82. The van der Waals surface area contributed by atoms with E-state index in [1.165, 1.54) is 43.2 Å². The van der Waals surface area contributed by atoms with Gasteiger partial charge in [-0.2, -0.15) is 0 Å². The highest BCUT2D eigenvalue weighted by molar-refractivity contribution is 5.83. The fraction of sp³-hybridized carbons (Fsp3) is 0.650. The minimum absolute atomic E-state index is 0.0747. The van der Waals surface area contributed by atoms with E-state index in [1.54, 1.807) is 6.07 Å². The third kappa shape index (κ3) is 2.68. The molecule has 0 amide bonds. The van der Waals surface area contributed by atoms with Crippen LogP contribution in [0.3, 0.4) is 0 Å². The van der Waals surface area contributed by atoms with Crippen LogP contribution in [0.2, 0.25) is 0 Å². The average molecular weight is 314 g/mol. The van der Waals surface area contributed by atoms with Crippen molar-refractivity contribution in [1.82, 2.24) is 4.90 Å². The van der Waals surface area contributed by atoms with Crippen molar-refractivity contribution in [2.24, 2.45) is 5.92 Å². The molecule has 3 aliphatic rings. The van der Waals surface area contributed by atoms with Gasteiger partial charge in [0.05, 0.1) is 5.84 Å². The van der Waals surface area contributed by atoms with Gasteiger partial charge in [0, 0.05) is 24.9 Å². The lowest BCUT2D eigenvalue weighted by Gasteiger charge is -2.37. The first kappa shape index (κ1) is 15.2. The van der Waals surface area contributed by atoms with Crippen LogP contribution in [0, 0.1) is 24.1 Å². The van der Waals surface area contributed by atoms with Gasteiger partial charge in [-0.05, 0) is 61.3 Å². The fourth-order valence-corrected chi connectivity index (χ4v) is 5.06. The van der Waals surface area contributed by atoms with E-state index in [4.69, 9.17) is 5.41 Å². The first-order chi connectivity index (χ1) is 11.1. The molecule has 0 bridgehead atoms. The van der Waals surface area contributed by atoms with Crippen molar-refractivity contribution in [3.8, 4) is 0 Å². The Hall–Kier alpha value is -1.38. The summed E-state index contributed by atoms with van der Waals surface area (Å²) in [4.78, 5) is 2.41. The lowest BCUT2D eigenvalue weighted by Crippen LogP contribution is -2.40. The summed E-state index contributed by atoms with van der Waals surface area (Å²) in [6.07, 6.45) is 9.66. The molecule has 3 heteroatoms. The van der Waals surface area contributed by atoms with Crippen LogP contribution < -0.4 is 0 Å². The summed E-state index contributed by atoms with van der Waals surface area (Å²) < 4.78 is 13.9. The van der Waals surface area contributed by atoms with E-state index in [2.05, 4.69) is 11.0 Å². The van der Waals surface area contributed by atoms with Crippen molar-refractivity contribution in [2.75, 3.05) is 6.54 Å². The van der Waals surface area contributed by atoms with Crippen molar-refractivity contribution in [3.05, 3.63) is 34.6 Å². The van der Waals surface area contributed by atoms with Gasteiger partial charge >= 0.3 is 0 Å². The second-order valence-corrected chi connectivity index (χ2v) is 7.82. The second kappa shape index (κ2) is 5.92. The van der Waals surface area contributed by atoms with Gasteiger partial charge in [-0.3, -0.25) is 5.41 Å². The number of hydrogen-bond acceptors (Lipinski definition) is 1. The number of nitrogens with zero attached hydrogens (tertiary/aromatic N) is 1. The first-order valence-electron chi connectivity index (χ1n) is 9.26. The number of fused-ring (bicyclic) bond motifs is 3. The van der Waals surface area contributed by atoms with Crippen LogP contribution >= 0.6 is 0 Å². The molecule has 4 rings (SSSR count). The predicted octanol–water partition coefficient (Wildman–Crippen LogP) is 4.80. The van der Waals surface area contributed by atoms with Gasteiger partial charge in [0.15, 0.2) is 0 Å². The quantitative estimate of drug-likeness (QED) is 0.834. The summed E-state index contributed by atoms with van der Waals surface area (Å²) >= 11 is 0. The Labute approximate surface area is 138 Å². The average Bonchev–Trinajstić information content (AvgIpc) is 2.86. The molecule has 1 aromatic carbocycles. The number of likely N-dealkylation sites (tertiary alicyclic amines) is 1. The molecule has 0 radical (unpaired) electrons. The normalized spacial score (nSPS) is 27.9. The van der Waals surface area contributed by atoms with Crippen LogP contribution in [-0.4, -0.2) is 23.3 Å². The molecule has 124 valence electrons. The molecule has 1 saturated carbocycles. The molecule has 1 aliphatic heterocycles. The van der Waals surface area contributed by atoms with Crippen molar-refractivity contribution in [3.63, 3.8) is 0 Å². The number of amidine groups is 1. The maximum Gasteiger partial charge on any atom is 0.126 e. The summed E-state index contributed by atoms with van der Waals surface area (Å²) in [7, 11) is 0. The van der Waals surface area contributed by atoms with E-state index in [-0.39, 0.29) is 5.82 Å². The van der Waals surface area contributed by atoms with E-state index in [0.29, 0.717) is 12.0 Å². The maximum absolute atomic E-state index is 13.9.